The number of anilines is 3. The number of hydrogen-bond acceptors (Lipinski definition) is 7. The number of rotatable bonds is 7. The average Bonchev–Trinajstić information content (AvgIpc) is 3.29. The van der Waals surface area contributed by atoms with Crippen LogP contribution in [0.15, 0.2) is 60.0 Å². The molecule has 1 saturated carbocycles. The lowest BCUT2D eigenvalue weighted by Gasteiger charge is -2.23. The third-order valence-corrected chi connectivity index (χ3v) is 7.56. The molecule has 0 atom stereocenters. The van der Waals surface area contributed by atoms with Crippen LogP contribution >= 0.6 is 0 Å². The van der Waals surface area contributed by atoms with Gasteiger partial charge >= 0.3 is 0 Å². The van der Waals surface area contributed by atoms with E-state index in [-0.39, 0.29) is 22.4 Å². The summed E-state index contributed by atoms with van der Waals surface area (Å²) in [5.41, 5.74) is 2.89. The number of phenols is 1. The van der Waals surface area contributed by atoms with E-state index in [1.54, 1.807) is 29.8 Å². The van der Waals surface area contributed by atoms with Gasteiger partial charge in [-0.25, -0.2) is 15.0 Å². The predicted molar refractivity (Wildman–Crippen MR) is 135 cm³/mol. The van der Waals surface area contributed by atoms with Crippen molar-refractivity contribution in [1.82, 2.24) is 19.5 Å². The molecular formula is C25H28N6O3S. The van der Waals surface area contributed by atoms with Crippen molar-refractivity contribution >= 4 is 38.4 Å². The Morgan fingerprint density at radius 3 is 2.43 bits per heavy atom. The summed E-state index contributed by atoms with van der Waals surface area (Å²) in [5.74, 6) is 1.00. The van der Waals surface area contributed by atoms with E-state index < -0.39 is 10.0 Å². The van der Waals surface area contributed by atoms with Gasteiger partial charge in [-0.05, 0) is 36.1 Å². The van der Waals surface area contributed by atoms with E-state index in [2.05, 4.69) is 25.0 Å². The smallest absolute Gasteiger partial charge is 0.282 e. The van der Waals surface area contributed by atoms with Crippen molar-refractivity contribution in [3.05, 3.63) is 60.6 Å². The monoisotopic (exact) mass is 492 g/mol. The van der Waals surface area contributed by atoms with Crippen molar-refractivity contribution in [3.63, 3.8) is 0 Å². The molecule has 1 fully saturated rings. The van der Waals surface area contributed by atoms with Crippen LogP contribution in [0.3, 0.4) is 0 Å². The number of imidazole rings is 1. The molecule has 2 aromatic carbocycles. The Balaban J connectivity index is 1.53. The largest absolute Gasteiger partial charge is 0.508 e. The number of nitrogens with one attached hydrogen (secondary N) is 2. The van der Waals surface area contributed by atoms with E-state index in [0.717, 1.165) is 12.0 Å². The SMILES string of the molecule is Cn1cnc(S(=O)(=O)Nc2nc3ccccc3nc2Nc2cc(O)ccc2CC2CCCCC2)c1. The number of fused-ring (bicyclic) bond motifs is 1. The van der Waals surface area contributed by atoms with Crippen molar-refractivity contribution in [2.24, 2.45) is 13.0 Å². The van der Waals surface area contributed by atoms with Gasteiger partial charge in [0.05, 0.1) is 17.4 Å². The zero-order valence-electron chi connectivity index (χ0n) is 19.5. The standard InChI is InChI=1S/C25H28N6O3S/c1-31-15-23(26-16-31)35(33,34)30-25-24(27-20-9-5-6-10-21(20)28-25)29-22-14-19(32)12-11-18(22)13-17-7-3-2-4-8-17/h5-6,9-12,14-17,32H,2-4,7-8,13H2,1H3,(H,27,29)(H,28,30). The molecule has 0 aliphatic heterocycles. The number of aryl methyl sites for hydroxylation is 1. The van der Waals surface area contributed by atoms with Gasteiger partial charge in [-0.3, -0.25) is 4.72 Å². The van der Waals surface area contributed by atoms with Gasteiger partial charge in [0.2, 0.25) is 0 Å². The van der Waals surface area contributed by atoms with Crippen molar-refractivity contribution in [2.75, 3.05) is 10.0 Å². The van der Waals surface area contributed by atoms with E-state index in [0.29, 0.717) is 22.6 Å². The fourth-order valence-electron chi connectivity index (χ4n) is 4.55. The van der Waals surface area contributed by atoms with Gasteiger partial charge < -0.3 is 15.0 Å². The molecule has 0 amide bonds. The molecule has 0 unspecified atom stereocenters. The second-order valence-electron chi connectivity index (χ2n) is 9.07. The van der Waals surface area contributed by atoms with Crippen LogP contribution in [0.5, 0.6) is 5.75 Å². The first kappa shape index (κ1) is 23.1. The maximum atomic E-state index is 13.0. The van der Waals surface area contributed by atoms with Crippen LogP contribution in [0.1, 0.15) is 37.7 Å². The molecule has 4 aromatic rings. The minimum atomic E-state index is -3.99. The fourth-order valence-corrected chi connectivity index (χ4v) is 5.55. The molecule has 0 radical (unpaired) electrons. The number of nitrogens with zero attached hydrogens (tertiary/aromatic N) is 4. The molecule has 3 N–H and O–H groups in total. The maximum Gasteiger partial charge on any atom is 0.282 e. The second-order valence-corrected chi connectivity index (χ2v) is 10.7. The lowest BCUT2D eigenvalue weighted by molar-refractivity contribution is 0.357. The van der Waals surface area contributed by atoms with Crippen LogP contribution in [0, 0.1) is 5.92 Å². The summed E-state index contributed by atoms with van der Waals surface area (Å²) >= 11 is 0. The van der Waals surface area contributed by atoms with Gasteiger partial charge in [-0.15, -0.1) is 0 Å². The number of phenolic OH excluding ortho intramolecular Hbond substituents is 1. The van der Waals surface area contributed by atoms with Gasteiger partial charge in [-0.2, -0.15) is 8.42 Å². The molecule has 0 spiro atoms. The number of hydrogen-bond donors (Lipinski definition) is 3. The Bertz CT molecular complexity index is 1460. The van der Waals surface area contributed by atoms with Gasteiger partial charge in [0.1, 0.15) is 5.75 Å². The highest BCUT2D eigenvalue weighted by molar-refractivity contribution is 7.92. The zero-order valence-corrected chi connectivity index (χ0v) is 20.3. The molecular weight excluding hydrogens is 464 g/mol. The van der Waals surface area contributed by atoms with Gasteiger partial charge in [0.25, 0.3) is 10.0 Å². The summed E-state index contributed by atoms with van der Waals surface area (Å²) < 4.78 is 30.1. The Kier molecular flexibility index (Phi) is 6.29. The van der Waals surface area contributed by atoms with E-state index in [1.807, 2.05) is 24.3 Å². The molecule has 182 valence electrons. The lowest BCUT2D eigenvalue weighted by Crippen LogP contribution is -2.17. The third-order valence-electron chi connectivity index (χ3n) is 6.34. The first-order valence-corrected chi connectivity index (χ1v) is 13.2. The highest BCUT2D eigenvalue weighted by atomic mass is 32.2. The van der Waals surface area contributed by atoms with Crippen LogP contribution < -0.4 is 10.0 Å². The Hall–Kier alpha value is -3.66. The second kappa shape index (κ2) is 9.53. The third kappa shape index (κ3) is 5.22. The van der Waals surface area contributed by atoms with Crippen molar-refractivity contribution < 1.29 is 13.5 Å². The van der Waals surface area contributed by atoms with Crippen LogP contribution in [0.2, 0.25) is 0 Å². The first-order chi connectivity index (χ1) is 16.9. The highest BCUT2D eigenvalue weighted by Crippen LogP contribution is 2.34. The van der Waals surface area contributed by atoms with Crippen LogP contribution in [-0.4, -0.2) is 33.0 Å². The Morgan fingerprint density at radius 2 is 1.74 bits per heavy atom. The van der Waals surface area contributed by atoms with E-state index in [4.69, 9.17) is 0 Å². The molecule has 35 heavy (non-hydrogen) atoms. The van der Waals surface area contributed by atoms with Crippen molar-refractivity contribution in [2.45, 2.75) is 43.6 Å². The van der Waals surface area contributed by atoms with E-state index >= 15 is 0 Å². The number of sulfonamides is 1. The highest BCUT2D eigenvalue weighted by Gasteiger charge is 2.22. The maximum absolute atomic E-state index is 13.0. The normalized spacial score (nSPS) is 14.8. The molecule has 10 heteroatoms. The Labute approximate surface area is 204 Å². The van der Waals surface area contributed by atoms with Crippen molar-refractivity contribution in [3.8, 4) is 5.75 Å². The first-order valence-electron chi connectivity index (χ1n) is 11.7. The van der Waals surface area contributed by atoms with Crippen LogP contribution in [0.4, 0.5) is 17.3 Å². The Morgan fingerprint density at radius 1 is 1.03 bits per heavy atom. The fraction of sp³-hybridized carbons (Fsp3) is 0.320. The summed E-state index contributed by atoms with van der Waals surface area (Å²) in [6, 6.07) is 12.5. The quantitative estimate of drug-likeness (QED) is 0.341. The van der Waals surface area contributed by atoms with Crippen molar-refractivity contribution in [1.29, 1.82) is 0 Å². The zero-order chi connectivity index (χ0) is 24.4. The number of aromatic nitrogens is 4. The molecule has 9 nitrogen and oxygen atoms in total. The molecule has 1 aliphatic rings. The molecule has 2 aromatic heterocycles. The number of para-hydroxylation sites is 2. The molecule has 5 rings (SSSR count). The predicted octanol–water partition coefficient (Wildman–Crippen LogP) is 4.74. The lowest BCUT2D eigenvalue weighted by atomic mass is 9.84. The van der Waals surface area contributed by atoms with Gasteiger partial charge in [0.15, 0.2) is 16.7 Å². The molecule has 0 bridgehead atoms. The molecule has 2 heterocycles. The molecule has 0 saturated heterocycles. The van der Waals surface area contributed by atoms with Gasteiger partial charge in [-0.1, -0.05) is 50.3 Å². The molecule has 1 aliphatic carbocycles. The van der Waals surface area contributed by atoms with Crippen LogP contribution in [-0.2, 0) is 23.5 Å². The summed E-state index contributed by atoms with van der Waals surface area (Å²) in [4.78, 5) is 13.2. The average molecular weight is 493 g/mol. The number of benzene rings is 2. The summed E-state index contributed by atoms with van der Waals surface area (Å²) in [6.45, 7) is 0. The topological polar surface area (TPSA) is 122 Å². The minimum absolute atomic E-state index is 0.0568. The van der Waals surface area contributed by atoms with Gasteiger partial charge in [0, 0.05) is 25.0 Å². The van der Waals surface area contributed by atoms with E-state index in [9.17, 15) is 13.5 Å². The van der Waals surface area contributed by atoms with Crippen LogP contribution in [0.25, 0.3) is 11.0 Å². The summed E-state index contributed by atoms with van der Waals surface area (Å²) in [5, 5.41) is 13.3. The summed E-state index contributed by atoms with van der Waals surface area (Å²) in [7, 11) is -2.29. The minimum Gasteiger partial charge on any atom is -0.508 e. The summed E-state index contributed by atoms with van der Waals surface area (Å²) in [6.07, 6.45) is 9.84. The number of aromatic hydroxyl groups is 1. The van der Waals surface area contributed by atoms with E-state index in [1.165, 1.54) is 44.6 Å².